The highest BCUT2D eigenvalue weighted by Gasteiger charge is 2.23. The van der Waals surface area contributed by atoms with Crippen LogP contribution in [0.25, 0.3) is 0 Å². The van der Waals surface area contributed by atoms with Gasteiger partial charge < -0.3 is 10.1 Å². The van der Waals surface area contributed by atoms with Crippen molar-refractivity contribution in [2.24, 2.45) is 0 Å². The van der Waals surface area contributed by atoms with Gasteiger partial charge in [0.2, 0.25) is 0 Å². The zero-order valence-corrected chi connectivity index (χ0v) is 9.73. The smallest absolute Gasteiger partial charge is 0.119 e. The van der Waals surface area contributed by atoms with Crippen LogP contribution in [0.15, 0.2) is 30.5 Å². The lowest BCUT2D eigenvalue weighted by Gasteiger charge is -2.26. The maximum absolute atomic E-state index is 5.29. The first-order valence-electron chi connectivity index (χ1n) is 5.79. The van der Waals surface area contributed by atoms with Crippen molar-refractivity contribution in [2.45, 2.75) is 12.3 Å². The molecule has 1 aliphatic heterocycles. The Balaban J connectivity index is 2.06. The molecule has 2 N–H and O–H groups in total. The van der Waals surface area contributed by atoms with Crippen LogP contribution in [-0.4, -0.2) is 23.9 Å². The van der Waals surface area contributed by atoms with Crippen molar-refractivity contribution in [3.8, 4) is 5.75 Å². The maximum Gasteiger partial charge on any atom is 0.119 e. The second-order valence-electron chi connectivity index (χ2n) is 4.23. The average molecular weight is 229 g/mol. The molecule has 88 valence electrons. The van der Waals surface area contributed by atoms with Crippen LogP contribution in [0.4, 0.5) is 5.69 Å². The van der Waals surface area contributed by atoms with Gasteiger partial charge in [0.05, 0.1) is 7.11 Å². The molecule has 2 heterocycles. The van der Waals surface area contributed by atoms with Crippen LogP contribution >= 0.6 is 0 Å². The molecule has 4 heteroatoms. The molecule has 0 fully saturated rings. The molecular weight excluding hydrogens is 214 g/mol. The van der Waals surface area contributed by atoms with Crippen molar-refractivity contribution in [1.29, 1.82) is 0 Å². The van der Waals surface area contributed by atoms with E-state index in [1.165, 1.54) is 16.9 Å². The van der Waals surface area contributed by atoms with Gasteiger partial charge in [-0.25, -0.2) is 0 Å². The van der Waals surface area contributed by atoms with Crippen LogP contribution in [0.3, 0.4) is 0 Å². The van der Waals surface area contributed by atoms with Crippen LogP contribution in [0.2, 0.25) is 0 Å². The largest absolute Gasteiger partial charge is 0.497 e. The lowest BCUT2D eigenvalue weighted by molar-refractivity contribution is 0.414. The Labute approximate surface area is 100 Å². The van der Waals surface area contributed by atoms with E-state index >= 15 is 0 Å². The Hall–Kier alpha value is -1.97. The first-order valence-corrected chi connectivity index (χ1v) is 5.79. The molecule has 4 nitrogen and oxygen atoms in total. The molecule has 0 aliphatic carbocycles. The van der Waals surface area contributed by atoms with Gasteiger partial charge in [-0.05, 0) is 36.2 Å². The Morgan fingerprint density at radius 1 is 1.35 bits per heavy atom. The molecule has 1 aromatic carbocycles. The number of ether oxygens (including phenoxy) is 1. The van der Waals surface area contributed by atoms with Gasteiger partial charge >= 0.3 is 0 Å². The molecular formula is C13H15N3O. The van der Waals surface area contributed by atoms with Crippen molar-refractivity contribution in [3.63, 3.8) is 0 Å². The molecule has 0 saturated heterocycles. The summed E-state index contributed by atoms with van der Waals surface area (Å²) in [6, 6.07) is 8.21. The first kappa shape index (κ1) is 10.2. The number of rotatable bonds is 2. The number of aromatic nitrogens is 2. The normalized spacial score (nSPS) is 18.3. The number of H-pyrrole nitrogens is 1. The lowest BCUT2D eigenvalue weighted by Crippen LogP contribution is -2.18. The van der Waals surface area contributed by atoms with Gasteiger partial charge in [-0.1, -0.05) is 0 Å². The summed E-state index contributed by atoms with van der Waals surface area (Å²) in [6.07, 6.45) is 2.87. The minimum absolute atomic E-state index is 0.379. The van der Waals surface area contributed by atoms with Gasteiger partial charge in [0.25, 0.3) is 0 Å². The van der Waals surface area contributed by atoms with E-state index in [0.29, 0.717) is 5.92 Å². The van der Waals surface area contributed by atoms with Gasteiger partial charge in [0, 0.05) is 30.0 Å². The van der Waals surface area contributed by atoms with Crippen LogP contribution in [0.5, 0.6) is 5.75 Å². The minimum atomic E-state index is 0.379. The van der Waals surface area contributed by atoms with Crippen molar-refractivity contribution >= 4 is 5.69 Å². The monoisotopic (exact) mass is 229 g/mol. The third kappa shape index (κ3) is 1.75. The predicted octanol–water partition coefficient (Wildman–Crippen LogP) is 2.37. The van der Waals surface area contributed by atoms with Gasteiger partial charge in [-0.3, -0.25) is 5.10 Å². The number of aromatic amines is 1. The number of nitrogens with one attached hydrogen (secondary N) is 2. The molecule has 0 saturated carbocycles. The lowest BCUT2D eigenvalue weighted by atomic mass is 9.88. The number of nitrogens with zero attached hydrogens (tertiary/aromatic N) is 1. The highest BCUT2D eigenvalue weighted by molar-refractivity contribution is 5.59. The number of hydrogen-bond acceptors (Lipinski definition) is 3. The molecule has 0 bridgehead atoms. The molecule has 2 aromatic rings. The zero-order chi connectivity index (χ0) is 11.7. The quantitative estimate of drug-likeness (QED) is 0.831. The number of benzene rings is 1. The molecule has 0 radical (unpaired) electrons. The summed E-state index contributed by atoms with van der Waals surface area (Å²) < 4.78 is 5.29. The summed E-state index contributed by atoms with van der Waals surface area (Å²) in [5.41, 5.74) is 3.64. The molecule has 0 amide bonds. The topological polar surface area (TPSA) is 49.9 Å². The van der Waals surface area contributed by atoms with E-state index in [9.17, 15) is 0 Å². The fourth-order valence-electron chi connectivity index (χ4n) is 2.41. The fraction of sp³-hybridized carbons (Fsp3) is 0.308. The molecule has 1 aromatic heterocycles. The van der Waals surface area contributed by atoms with Crippen molar-refractivity contribution in [1.82, 2.24) is 10.2 Å². The first-order chi connectivity index (χ1) is 8.38. The Kier molecular flexibility index (Phi) is 2.48. The summed E-state index contributed by atoms with van der Waals surface area (Å²) in [7, 11) is 1.70. The van der Waals surface area contributed by atoms with Crippen molar-refractivity contribution < 1.29 is 4.74 Å². The number of fused-ring (bicyclic) bond motifs is 1. The standard InChI is InChI=1S/C13H15N3O/c1-17-9-2-3-12-11(8-9)10(4-6-14-12)13-5-7-15-16-13/h2-3,5,7-8,10,14H,4,6H2,1H3,(H,15,16). The van der Waals surface area contributed by atoms with E-state index in [4.69, 9.17) is 4.74 Å². The predicted molar refractivity (Wildman–Crippen MR) is 66.5 cm³/mol. The number of anilines is 1. The van der Waals surface area contributed by atoms with Crippen molar-refractivity contribution in [2.75, 3.05) is 19.0 Å². The summed E-state index contributed by atoms with van der Waals surface area (Å²) in [4.78, 5) is 0. The Bertz CT molecular complexity index is 507. The molecule has 3 rings (SSSR count). The fourth-order valence-corrected chi connectivity index (χ4v) is 2.41. The number of hydrogen-bond donors (Lipinski definition) is 2. The van der Waals surface area contributed by atoms with Crippen LogP contribution in [0, 0.1) is 0 Å². The highest BCUT2D eigenvalue weighted by Crippen LogP contribution is 2.37. The van der Waals surface area contributed by atoms with Gasteiger partial charge in [0.15, 0.2) is 0 Å². The summed E-state index contributed by atoms with van der Waals surface area (Å²) in [5, 5.41) is 10.5. The maximum atomic E-state index is 5.29. The number of methoxy groups -OCH3 is 1. The minimum Gasteiger partial charge on any atom is -0.497 e. The van der Waals surface area contributed by atoms with E-state index < -0.39 is 0 Å². The van der Waals surface area contributed by atoms with E-state index in [1.807, 2.05) is 12.1 Å². The van der Waals surface area contributed by atoms with Crippen LogP contribution < -0.4 is 10.1 Å². The van der Waals surface area contributed by atoms with E-state index in [0.717, 1.165) is 18.7 Å². The molecule has 0 spiro atoms. The second-order valence-corrected chi connectivity index (χ2v) is 4.23. The average Bonchev–Trinajstić information content (AvgIpc) is 2.91. The Morgan fingerprint density at radius 2 is 2.29 bits per heavy atom. The van der Waals surface area contributed by atoms with E-state index in [-0.39, 0.29) is 0 Å². The molecule has 17 heavy (non-hydrogen) atoms. The van der Waals surface area contributed by atoms with Gasteiger partial charge in [-0.2, -0.15) is 5.10 Å². The summed E-state index contributed by atoms with van der Waals surface area (Å²) in [5.74, 6) is 1.28. The second kappa shape index (κ2) is 4.13. The van der Waals surface area contributed by atoms with E-state index in [1.54, 1.807) is 13.3 Å². The van der Waals surface area contributed by atoms with Crippen LogP contribution in [-0.2, 0) is 0 Å². The molecule has 1 aliphatic rings. The van der Waals surface area contributed by atoms with Crippen LogP contribution in [0.1, 0.15) is 23.6 Å². The molecule has 1 atom stereocenters. The summed E-state index contributed by atoms with van der Waals surface area (Å²) >= 11 is 0. The van der Waals surface area contributed by atoms with Gasteiger partial charge in [0.1, 0.15) is 5.75 Å². The highest BCUT2D eigenvalue weighted by atomic mass is 16.5. The van der Waals surface area contributed by atoms with Gasteiger partial charge in [-0.15, -0.1) is 0 Å². The molecule has 1 unspecified atom stereocenters. The zero-order valence-electron chi connectivity index (χ0n) is 9.73. The third-order valence-corrected chi connectivity index (χ3v) is 3.28. The summed E-state index contributed by atoms with van der Waals surface area (Å²) in [6.45, 7) is 0.989. The third-order valence-electron chi connectivity index (χ3n) is 3.28. The SMILES string of the molecule is COc1ccc2c(c1)C(c1ccn[nH]1)CCN2. The Morgan fingerprint density at radius 3 is 3.06 bits per heavy atom. The van der Waals surface area contributed by atoms with Crippen molar-refractivity contribution in [3.05, 3.63) is 41.7 Å². The van der Waals surface area contributed by atoms with E-state index in [2.05, 4.69) is 27.6 Å².